The van der Waals surface area contributed by atoms with Crippen molar-refractivity contribution in [3.63, 3.8) is 0 Å². The highest BCUT2D eigenvalue weighted by atomic mass is 32.2. The van der Waals surface area contributed by atoms with E-state index in [1.54, 1.807) is 11.6 Å². The van der Waals surface area contributed by atoms with Gasteiger partial charge in [0.1, 0.15) is 4.83 Å². The van der Waals surface area contributed by atoms with Crippen LogP contribution in [0.1, 0.15) is 17.5 Å². The van der Waals surface area contributed by atoms with Crippen LogP contribution in [0.2, 0.25) is 0 Å². The van der Waals surface area contributed by atoms with E-state index in [0.717, 1.165) is 11.1 Å². The number of hydrogen-bond acceptors (Lipinski definition) is 6. The van der Waals surface area contributed by atoms with Gasteiger partial charge in [-0.2, -0.15) is 0 Å². The molecule has 9 heteroatoms. The molecule has 0 amide bonds. The Kier molecular flexibility index (Phi) is 6.28. The molecule has 150 valence electrons. The molecule has 0 aliphatic carbocycles. The maximum atomic E-state index is 13.0. The number of rotatable bonds is 7. The summed E-state index contributed by atoms with van der Waals surface area (Å²) in [4.78, 5) is 18.4. The normalized spacial score (nSPS) is 12.0. The molecular weight excluding hydrogens is 414 g/mol. The predicted octanol–water partition coefficient (Wildman–Crippen LogP) is 3.31. The van der Waals surface area contributed by atoms with Gasteiger partial charge in [0.05, 0.1) is 11.1 Å². The molecule has 1 aromatic carbocycles. The van der Waals surface area contributed by atoms with Crippen LogP contribution < -0.4 is 10.3 Å². The minimum atomic E-state index is -3.21. The Morgan fingerprint density at radius 2 is 2.00 bits per heavy atom. The molecule has 0 aliphatic rings. The van der Waals surface area contributed by atoms with Gasteiger partial charge in [0.15, 0.2) is 5.16 Å². The lowest BCUT2D eigenvalue weighted by Gasteiger charge is -2.09. The topological polar surface area (TPSA) is 81.1 Å². The molecule has 0 unspecified atom stereocenters. The third kappa shape index (κ3) is 4.32. The van der Waals surface area contributed by atoms with Crippen molar-refractivity contribution >= 4 is 43.3 Å². The zero-order chi connectivity index (χ0) is 20.5. The molecular formula is C19H23N3O3S3. The molecule has 0 bridgehead atoms. The Morgan fingerprint density at radius 3 is 2.68 bits per heavy atom. The lowest BCUT2D eigenvalue weighted by Crippen LogP contribution is -2.22. The Balaban J connectivity index is 1.90. The van der Waals surface area contributed by atoms with Gasteiger partial charge in [-0.05, 0) is 44.0 Å². The van der Waals surface area contributed by atoms with Gasteiger partial charge in [0.25, 0.3) is 5.56 Å². The lowest BCUT2D eigenvalue weighted by molar-refractivity contribution is 0.587. The second-order valence-electron chi connectivity index (χ2n) is 6.61. The van der Waals surface area contributed by atoms with Crippen LogP contribution >= 0.6 is 23.1 Å². The van der Waals surface area contributed by atoms with Gasteiger partial charge in [-0.15, -0.1) is 11.3 Å². The standard InChI is InChI=1S/C19H23N3O3S3/c1-12-6-7-14(10-13(12)2)15-11-27-17-16(15)18(23)22(4)19(21-17)26-8-5-9-28(24,25)20-3/h6-7,10-11,20H,5,8-9H2,1-4H3. The molecule has 3 rings (SSSR count). The van der Waals surface area contributed by atoms with E-state index in [-0.39, 0.29) is 11.3 Å². The van der Waals surface area contributed by atoms with Crippen LogP contribution in [-0.2, 0) is 17.1 Å². The maximum absolute atomic E-state index is 13.0. The van der Waals surface area contributed by atoms with E-state index in [1.807, 2.05) is 11.4 Å². The first-order chi connectivity index (χ1) is 13.2. The summed E-state index contributed by atoms with van der Waals surface area (Å²) in [5.41, 5.74) is 4.25. The zero-order valence-electron chi connectivity index (χ0n) is 16.3. The fourth-order valence-electron chi connectivity index (χ4n) is 2.82. The first-order valence-corrected chi connectivity index (χ1v) is 12.3. The van der Waals surface area contributed by atoms with E-state index in [1.165, 1.54) is 41.3 Å². The number of thioether (sulfide) groups is 1. The highest BCUT2D eigenvalue weighted by Crippen LogP contribution is 2.33. The summed E-state index contributed by atoms with van der Waals surface area (Å²) in [5, 5.41) is 3.22. The van der Waals surface area contributed by atoms with Crippen LogP contribution in [0.4, 0.5) is 0 Å². The molecule has 1 N–H and O–H groups in total. The molecule has 0 aliphatic heterocycles. The average Bonchev–Trinajstić information content (AvgIpc) is 3.09. The summed E-state index contributed by atoms with van der Waals surface area (Å²) >= 11 is 2.86. The smallest absolute Gasteiger partial charge is 0.263 e. The van der Waals surface area contributed by atoms with Crippen LogP contribution in [0, 0.1) is 13.8 Å². The lowest BCUT2D eigenvalue weighted by atomic mass is 10.0. The van der Waals surface area contributed by atoms with Gasteiger partial charge < -0.3 is 0 Å². The number of thiophene rings is 1. The number of sulfonamides is 1. The fraction of sp³-hybridized carbons (Fsp3) is 0.368. The molecule has 0 spiro atoms. The molecule has 0 radical (unpaired) electrons. The second kappa shape index (κ2) is 8.36. The molecule has 0 atom stereocenters. The van der Waals surface area contributed by atoms with Crippen molar-refractivity contribution in [2.75, 3.05) is 18.6 Å². The predicted molar refractivity (Wildman–Crippen MR) is 118 cm³/mol. The van der Waals surface area contributed by atoms with Crippen molar-refractivity contribution in [1.29, 1.82) is 0 Å². The van der Waals surface area contributed by atoms with E-state index < -0.39 is 10.0 Å². The Morgan fingerprint density at radius 1 is 1.25 bits per heavy atom. The summed E-state index contributed by atoms with van der Waals surface area (Å²) in [6.45, 7) is 4.13. The van der Waals surface area contributed by atoms with Crippen LogP contribution in [0.5, 0.6) is 0 Å². The van der Waals surface area contributed by atoms with Gasteiger partial charge in [0.2, 0.25) is 10.0 Å². The van der Waals surface area contributed by atoms with Gasteiger partial charge >= 0.3 is 0 Å². The van der Waals surface area contributed by atoms with Crippen LogP contribution in [0.3, 0.4) is 0 Å². The molecule has 3 aromatic rings. The number of fused-ring (bicyclic) bond motifs is 1. The fourth-order valence-corrected chi connectivity index (χ4v) is 5.63. The number of nitrogens with zero attached hydrogens (tertiary/aromatic N) is 2. The number of nitrogens with one attached hydrogen (secondary N) is 1. The SMILES string of the molecule is CNS(=O)(=O)CCCSc1nc2scc(-c3ccc(C)c(C)c3)c2c(=O)n1C. The Hall–Kier alpha value is -1.68. The maximum Gasteiger partial charge on any atom is 0.263 e. The number of benzene rings is 1. The minimum Gasteiger partial charge on any atom is -0.290 e. The molecule has 28 heavy (non-hydrogen) atoms. The largest absolute Gasteiger partial charge is 0.290 e. The molecule has 0 saturated carbocycles. The van der Waals surface area contributed by atoms with Crippen molar-refractivity contribution in [1.82, 2.24) is 14.3 Å². The molecule has 6 nitrogen and oxygen atoms in total. The quantitative estimate of drug-likeness (QED) is 0.348. The number of aromatic nitrogens is 2. The van der Waals surface area contributed by atoms with E-state index in [0.29, 0.717) is 27.5 Å². The zero-order valence-corrected chi connectivity index (χ0v) is 18.7. The van der Waals surface area contributed by atoms with E-state index in [2.05, 4.69) is 35.7 Å². The number of hydrogen-bond donors (Lipinski definition) is 1. The van der Waals surface area contributed by atoms with E-state index >= 15 is 0 Å². The van der Waals surface area contributed by atoms with E-state index in [9.17, 15) is 13.2 Å². The summed E-state index contributed by atoms with van der Waals surface area (Å²) in [7, 11) is -0.0912. The van der Waals surface area contributed by atoms with Gasteiger partial charge in [-0.1, -0.05) is 30.0 Å². The van der Waals surface area contributed by atoms with Crippen molar-refractivity contribution < 1.29 is 8.42 Å². The van der Waals surface area contributed by atoms with Crippen LogP contribution in [0.25, 0.3) is 21.3 Å². The molecule has 2 heterocycles. The Bertz CT molecular complexity index is 1180. The highest BCUT2D eigenvalue weighted by molar-refractivity contribution is 7.99. The second-order valence-corrected chi connectivity index (χ2v) is 10.6. The molecule has 2 aromatic heterocycles. The van der Waals surface area contributed by atoms with Crippen molar-refractivity contribution in [3.8, 4) is 11.1 Å². The van der Waals surface area contributed by atoms with Crippen molar-refractivity contribution in [2.45, 2.75) is 25.4 Å². The van der Waals surface area contributed by atoms with Gasteiger partial charge in [0, 0.05) is 23.7 Å². The summed E-state index contributed by atoms with van der Waals surface area (Å²) in [6, 6.07) is 6.20. The molecule has 0 fully saturated rings. The summed E-state index contributed by atoms with van der Waals surface area (Å²) in [5.74, 6) is 0.630. The first kappa shape index (κ1) is 21.0. The van der Waals surface area contributed by atoms with Crippen LogP contribution in [-0.4, -0.2) is 36.5 Å². The number of aryl methyl sites for hydroxylation is 2. The third-order valence-electron chi connectivity index (χ3n) is 4.69. The summed E-state index contributed by atoms with van der Waals surface area (Å²) in [6.07, 6.45) is 0.486. The first-order valence-electron chi connectivity index (χ1n) is 8.83. The summed E-state index contributed by atoms with van der Waals surface area (Å²) < 4.78 is 26.9. The van der Waals surface area contributed by atoms with Crippen molar-refractivity contribution in [3.05, 3.63) is 45.1 Å². The third-order valence-corrected chi connectivity index (χ3v) is 8.13. The molecule has 0 saturated heterocycles. The van der Waals surface area contributed by atoms with E-state index in [4.69, 9.17) is 0 Å². The average molecular weight is 438 g/mol. The Labute approximate surface area is 173 Å². The van der Waals surface area contributed by atoms with Crippen molar-refractivity contribution in [2.24, 2.45) is 7.05 Å². The van der Waals surface area contributed by atoms with Gasteiger partial charge in [-0.3, -0.25) is 9.36 Å². The minimum absolute atomic E-state index is 0.0582. The monoisotopic (exact) mass is 437 g/mol. The van der Waals surface area contributed by atoms with Gasteiger partial charge in [-0.25, -0.2) is 18.1 Å². The van der Waals surface area contributed by atoms with Crippen LogP contribution in [0.15, 0.2) is 33.5 Å². The highest BCUT2D eigenvalue weighted by Gasteiger charge is 2.16.